The van der Waals surface area contributed by atoms with Gasteiger partial charge in [0.25, 0.3) is 0 Å². The summed E-state index contributed by atoms with van der Waals surface area (Å²) < 4.78 is 0. The highest BCUT2D eigenvalue weighted by Crippen LogP contribution is 2.32. The van der Waals surface area contributed by atoms with Crippen molar-refractivity contribution in [2.75, 3.05) is 0 Å². The second kappa shape index (κ2) is 2.91. The van der Waals surface area contributed by atoms with Crippen molar-refractivity contribution < 1.29 is 0 Å². The lowest BCUT2D eigenvalue weighted by Crippen LogP contribution is -2.21. The maximum atomic E-state index is 2.33. The summed E-state index contributed by atoms with van der Waals surface area (Å²) in [6.45, 7) is 4.49. The van der Waals surface area contributed by atoms with Crippen LogP contribution < -0.4 is 0 Å². The van der Waals surface area contributed by atoms with Gasteiger partial charge in [0.15, 0.2) is 0 Å². The standard InChI is InChI=1S/C12H15N/c1-3-12(2)7-9-13-8-5-4-6-11(13)10-12/h4-10H,3H2,1-2H3. The lowest BCUT2D eigenvalue weighted by molar-refractivity contribution is 0.476. The van der Waals surface area contributed by atoms with Crippen molar-refractivity contribution in [2.45, 2.75) is 20.3 Å². The lowest BCUT2D eigenvalue weighted by atomic mass is 9.84. The normalized spacial score (nSPS) is 30.3. The summed E-state index contributed by atoms with van der Waals surface area (Å²) in [7, 11) is 0. The molecule has 2 heterocycles. The van der Waals surface area contributed by atoms with Gasteiger partial charge in [0.05, 0.1) is 0 Å². The molecule has 0 amide bonds. The number of nitrogens with zero attached hydrogens (tertiary/aromatic N) is 1. The number of rotatable bonds is 1. The summed E-state index contributed by atoms with van der Waals surface area (Å²) in [6, 6.07) is 0. The van der Waals surface area contributed by atoms with E-state index in [4.69, 9.17) is 0 Å². The van der Waals surface area contributed by atoms with E-state index < -0.39 is 0 Å². The molecule has 1 heteroatoms. The van der Waals surface area contributed by atoms with Gasteiger partial charge in [-0.25, -0.2) is 0 Å². The summed E-state index contributed by atoms with van der Waals surface area (Å²) in [6.07, 6.45) is 16.3. The minimum atomic E-state index is 0.237. The Hall–Kier alpha value is -1.24. The van der Waals surface area contributed by atoms with E-state index in [2.05, 4.69) is 61.5 Å². The zero-order chi connectivity index (χ0) is 9.31. The van der Waals surface area contributed by atoms with Crippen molar-refractivity contribution in [1.82, 2.24) is 4.90 Å². The minimum Gasteiger partial charge on any atom is -0.324 e. The SMILES string of the molecule is CCC1(C)C=CN2C=CC=CC2=C1. The van der Waals surface area contributed by atoms with Crippen molar-refractivity contribution in [1.29, 1.82) is 0 Å². The molecule has 1 atom stereocenters. The molecule has 0 radical (unpaired) electrons. The fourth-order valence-corrected chi connectivity index (χ4v) is 1.58. The van der Waals surface area contributed by atoms with Crippen molar-refractivity contribution >= 4 is 0 Å². The Kier molecular flexibility index (Phi) is 1.87. The van der Waals surface area contributed by atoms with E-state index in [1.165, 1.54) is 5.70 Å². The van der Waals surface area contributed by atoms with Crippen LogP contribution in [0.1, 0.15) is 20.3 Å². The van der Waals surface area contributed by atoms with Gasteiger partial charge in [0, 0.05) is 23.5 Å². The van der Waals surface area contributed by atoms with E-state index in [-0.39, 0.29) is 5.41 Å². The van der Waals surface area contributed by atoms with Crippen molar-refractivity contribution in [3.63, 3.8) is 0 Å². The Balaban J connectivity index is 2.33. The third kappa shape index (κ3) is 1.46. The van der Waals surface area contributed by atoms with Gasteiger partial charge >= 0.3 is 0 Å². The number of hydrogen-bond acceptors (Lipinski definition) is 1. The van der Waals surface area contributed by atoms with Gasteiger partial charge in [-0.1, -0.05) is 32.1 Å². The molecular weight excluding hydrogens is 158 g/mol. The largest absolute Gasteiger partial charge is 0.324 e. The van der Waals surface area contributed by atoms with Gasteiger partial charge in [-0.05, 0) is 18.6 Å². The molecule has 0 bridgehead atoms. The van der Waals surface area contributed by atoms with Crippen LogP contribution in [0.15, 0.2) is 48.5 Å². The highest BCUT2D eigenvalue weighted by molar-refractivity contribution is 5.35. The van der Waals surface area contributed by atoms with E-state index >= 15 is 0 Å². The molecule has 0 N–H and O–H groups in total. The molecule has 68 valence electrons. The highest BCUT2D eigenvalue weighted by Gasteiger charge is 2.21. The van der Waals surface area contributed by atoms with Crippen LogP contribution >= 0.6 is 0 Å². The van der Waals surface area contributed by atoms with Gasteiger partial charge in [0.2, 0.25) is 0 Å². The molecule has 2 aliphatic rings. The first kappa shape index (κ1) is 8.36. The maximum absolute atomic E-state index is 2.33. The molecule has 1 unspecified atom stereocenters. The second-order valence-electron chi connectivity index (χ2n) is 3.85. The fraction of sp³-hybridized carbons (Fsp3) is 0.333. The minimum absolute atomic E-state index is 0.237. The summed E-state index contributed by atoms with van der Waals surface area (Å²) in [5, 5.41) is 0. The molecule has 2 aliphatic heterocycles. The van der Waals surface area contributed by atoms with E-state index in [0.717, 1.165) is 6.42 Å². The molecular formula is C12H15N. The molecule has 0 saturated carbocycles. The van der Waals surface area contributed by atoms with Crippen LogP contribution in [-0.4, -0.2) is 4.90 Å². The second-order valence-corrected chi connectivity index (χ2v) is 3.85. The molecule has 0 fully saturated rings. The maximum Gasteiger partial charge on any atom is 0.0417 e. The first-order valence-electron chi connectivity index (χ1n) is 4.79. The topological polar surface area (TPSA) is 3.24 Å². The van der Waals surface area contributed by atoms with Gasteiger partial charge in [0.1, 0.15) is 0 Å². The summed E-state index contributed by atoms with van der Waals surface area (Å²) in [5.74, 6) is 0. The van der Waals surface area contributed by atoms with E-state index in [9.17, 15) is 0 Å². The van der Waals surface area contributed by atoms with E-state index in [1.54, 1.807) is 0 Å². The van der Waals surface area contributed by atoms with Gasteiger partial charge in [-0.15, -0.1) is 0 Å². The molecule has 0 saturated heterocycles. The molecule has 0 spiro atoms. The van der Waals surface area contributed by atoms with Gasteiger partial charge in [-0.2, -0.15) is 0 Å². The molecule has 0 aromatic carbocycles. The Labute approximate surface area is 79.7 Å². The average Bonchev–Trinajstić information content (AvgIpc) is 2.18. The van der Waals surface area contributed by atoms with Crippen molar-refractivity contribution in [3.8, 4) is 0 Å². The number of hydrogen-bond donors (Lipinski definition) is 0. The van der Waals surface area contributed by atoms with Crippen LogP contribution in [-0.2, 0) is 0 Å². The predicted octanol–water partition coefficient (Wildman–Crippen LogP) is 3.20. The third-order valence-corrected chi connectivity index (χ3v) is 2.78. The first-order chi connectivity index (χ1) is 6.23. The molecule has 13 heavy (non-hydrogen) atoms. The summed E-state index contributed by atoms with van der Waals surface area (Å²) in [4.78, 5) is 2.15. The Morgan fingerprint density at radius 1 is 1.31 bits per heavy atom. The van der Waals surface area contributed by atoms with Gasteiger partial charge < -0.3 is 4.90 Å². The fourth-order valence-electron chi connectivity index (χ4n) is 1.58. The van der Waals surface area contributed by atoms with Crippen molar-refractivity contribution in [3.05, 3.63) is 48.5 Å². The average molecular weight is 173 g/mol. The first-order valence-corrected chi connectivity index (χ1v) is 4.79. The molecule has 0 aromatic rings. The zero-order valence-electron chi connectivity index (χ0n) is 8.20. The molecule has 2 rings (SSSR count). The van der Waals surface area contributed by atoms with Crippen LogP contribution in [0.5, 0.6) is 0 Å². The summed E-state index contributed by atoms with van der Waals surface area (Å²) in [5.41, 5.74) is 1.52. The van der Waals surface area contributed by atoms with E-state index in [0.29, 0.717) is 0 Å². The Bertz CT molecular complexity index is 320. The number of allylic oxidation sites excluding steroid dienone is 5. The van der Waals surface area contributed by atoms with Crippen LogP contribution in [0.4, 0.5) is 0 Å². The van der Waals surface area contributed by atoms with Crippen molar-refractivity contribution in [2.24, 2.45) is 5.41 Å². The zero-order valence-corrected chi connectivity index (χ0v) is 8.20. The lowest BCUT2D eigenvalue weighted by Gasteiger charge is -2.31. The van der Waals surface area contributed by atoms with Crippen LogP contribution in [0.3, 0.4) is 0 Å². The van der Waals surface area contributed by atoms with Crippen LogP contribution in [0, 0.1) is 5.41 Å². The number of fused-ring (bicyclic) bond motifs is 1. The molecule has 0 aliphatic carbocycles. The summed E-state index contributed by atoms with van der Waals surface area (Å²) >= 11 is 0. The monoisotopic (exact) mass is 173 g/mol. The van der Waals surface area contributed by atoms with Gasteiger partial charge in [-0.3, -0.25) is 0 Å². The highest BCUT2D eigenvalue weighted by atomic mass is 15.1. The molecule has 0 aromatic heterocycles. The van der Waals surface area contributed by atoms with E-state index in [1.807, 2.05) is 0 Å². The quantitative estimate of drug-likeness (QED) is 0.588. The Morgan fingerprint density at radius 3 is 2.92 bits per heavy atom. The van der Waals surface area contributed by atoms with Crippen LogP contribution in [0.25, 0.3) is 0 Å². The van der Waals surface area contributed by atoms with Crippen LogP contribution in [0.2, 0.25) is 0 Å². The Morgan fingerprint density at radius 2 is 2.15 bits per heavy atom. The predicted molar refractivity (Wildman–Crippen MR) is 55.7 cm³/mol. The third-order valence-electron chi connectivity index (χ3n) is 2.78. The smallest absolute Gasteiger partial charge is 0.0417 e. The molecule has 1 nitrogen and oxygen atoms in total.